The third kappa shape index (κ3) is 3.65. The molecule has 0 atom stereocenters. The van der Waals surface area contributed by atoms with Gasteiger partial charge in [-0.05, 0) is 24.5 Å². The summed E-state index contributed by atoms with van der Waals surface area (Å²) in [6.45, 7) is 4.92. The number of piperidine rings is 1. The van der Waals surface area contributed by atoms with Crippen molar-refractivity contribution in [1.29, 1.82) is 0 Å². The molecule has 0 radical (unpaired) electrons. The maximum Gasteiger partial charge on any atom is 0.282 e. The SMILES string of the molecule is O=S(=O)(N1CCCCC1)N1CCN(Cc2cccnc2)CC1. The molecule has 2 aliphatic heterocycles. The number of pyridine rings is 1. The van der Waals surface area contributed by atoms with E-state index < -0.39 is 10.2 Å². The molecule has 0 spiro atoms. The Morgan fingerprint density at radius 3 is 2.27 bits per heavy atom. The van der Waals surface area contributed by atoms with E-state index in [2.05, 4.69) is 16.0 Å². The van der Waals surface area contributed by atoms with Crippen molar-refractivity contribution in [2.24, 2.45) is 0 Å². The molecule has 0 saturated carbocycles. The molecule has 122 valence electrons. The van der Waals surface area contributed by atoms with Gasteiger partial charge in [-0.1, -0.05) is 12.5 Å². The van der Waals surface area contributed by atoms with Crippen LogP contribution in [0.25, 0.3) is 0 Å². The Hall–Kier alpha value is -1.02. The van der Waals surface area contributed by atoms with E-state index in [1.807, 2.05) is 12.3 Å². The van der Waals surface area contributed by atoms with Crippen LogP contribution in [0.5, 0.6) is 0 Å². The first-order chi connectivity index (χ1) is 10.7. The van der Waals surface area contributed by atoms with E-state index in [1.54, 1.807) is 14.8 Å². The number of rotatable bonds is 4. The van der Waals surface area contributed by atoms with Gasteiger partial charge in [-0.3, -0.25) is 9.88 Å². The van der Waals surface area contributed by atoms with Gasteiger partial charge in [0.05, 0.1) is 0 Å². The number of piperazine rings is 1. The Morgan fingerprint density at radius 1 is 0.955 bits per heavy atom. The highest BCUT2D eigenvalue weighted by Gasteiger charge is 2.32. The third-order valence-corrected chi connectivity index (χ3v) is 6.46. The number of nitrogens with zero attached hydrogens (tertiary/aromatic N) is 4. The minimum atomic E-state index is -3.25. The summed E-state index contributed by atoms with van der Waals surface area (Å²) in [6, 6.07) is 4.00. The number of hydrogen-bond acceptors (Lipinski definition) is 4. The quantitative estimate of drug-likeness (QED) is 0.827. The Morgan fingerprint density at radius 2 is 1.64 bits per heavy atom. The van der Waals surface area contributed by atoms with Crippen LogP contribution < -0.4 is 0 Å². The average Bonchev–Trinajstić information content (AvgIpc) is 2.57. The zero-order valence-corrected chi connectivity index (χ0v) is 13.7. The van der Waals surface area contributed by atoms with E-state index in [4.69, 9.17) is 0 Å². The summed E-state index contributed by atoms with van der Waals surface area (Å²) in [5, 5.41) is 0. The Labute approximate surface area is 132 Å². The molecule has 2 fully saturated rings. The highest BCUT2D eigenvalue weighted by molar-refractivity contribution is 7.86. The largest absolute Gasteiger partial charge is 0.296 e. The van der Waals surface area contributed by atoms with Crippen LogP contribution in [0.1, 0.15) is 24.8 Å². The minimum Gasteiger partial charge on any atom is -0.296 e. The van der Waals surface area contributed by atoms with E-state index >= 15 is 0 Å². The molecule has 6 nitrogen and oxygen atoms in total. The van der Waals surface area contributed by atoms with Gasteiger partial charge in [0.15, 0.2) is 0 Å². The Balaban J connectivity index is 1.54. The van der Waals surface area contributed by atoms with Gasteiger partial charge in [-0.25, -0.2) is 0 Å². The topological polar surface area (TPSA) is 56.8 Å². The van der Waals surface area contributed by atoms with E-state index in [1.165, 1.54) is 5.56 Å². The van der Waals surface area contributed by atoms with Crippen LogP contribution >= 0.6 is 0 Å². The molecular weight excluding hydrogens is 300 g/mol. The predicted molar refractivity (Wildman–Crippen MR) is 85.4 cm³/mol. The summed E-state index contributed by atoms with van der Waals surface area (Å²) in [7, 11) is -3.25. The van der Waals surface area contributed by atoms with Crippen LogP contribution in [0.15, 0.2) is 24.5 Å². The lowest BCUT2D eigenvalue weighted by Crippen LogP contribution is -2.53. The summed E-state index contributed by atoms with van der Waals surface area (Å²) in [5.74, 6) is 0. The fourth-order valence-electron chi connectivity index (χ4n) is 3.13. The van der Waals surface area contributed by atoms with Crippen LogP contribution in [-0.2, 0) is 16.8 Å². The molecule has 3 rings (SSSR count). The van der Waals surface area contributed by atoms with Gasteiger partial charge < -0.3 is 0 Å². The van der Waals surface area contributed by atoms with Crippen molar-refractivity contribution >= 4 is 10.2 Å². The van der Waals surface area contributed by atoms with Crippen molar-refractivity contribution in [2.45, 2.75) is 25.8 Å². The standard InChI is InChI=1S/C15H24N4O2S/c20-22(21,18-7-2-1-3-8-18)19-11-9-17(10-12-19)14-15-5-4-6-16-13-15/h4-6,13H,1-3,7-12,14H2. The monoisotopic (exact) mass is 324 g/mol. The second-order valence-corrected chi connectivity index (χ2v) is 7.93. The molecule has 1 aromatic rings. The highest BCUT2D eigenvalue weighted by Crippen LogP contribution is 2.18. The van der Waals surface area contributed by atoms with Gasteiger partial charge in [-0.15, -0.1) is 0 Å². The van der Waals surface area contributed by atoms with E-state index in [0.717, 1.165) is 38.9 Å². The number of aromatic nitrogens is 1. The van der Waals surface area contributed by atoms with Crippen molar-refractivity contribution in [3.63, 3.8) is 0 Å². The summed E-state index contributed by atoms with van der Waals surface area (Å²) >= 11 is 0. The fourth-order valence-corrected chi connectivity index (χ4v) is 4.80. The smallest absolute Gasteiger partial charge is 0.282 e. The molecule has 7 heteroatoms. The molecule has 2 saturated heterocycles. The van der Waals surface area contributed by atoms with Crippen LogP contribution in [0.2, 0.25) is 0 Å². The van der Waals surface area contributed by atoms with Crippen molar-refractivity contribution < 1.29 is 8.42 Å². The van der Waals surface area contributed by atoms with Gasteiger partial charge in [0.2, 0.25) is 0 Å². The Bertz CT molecular complexity index is 564. The van der Waals surface area contributed by atoms with E-state index in [-0.39, 0.29) is 0 Å². The highest BCUT2D eigenvalue weighted by atomic mass is 32.2. The fraction of sp³-hybridized carbons (Fsp3) is 0.667. The van der Waals surface area contributed by atoms with Crippen LogP contribution in [0.4, 0.5) is 0 Å². The van der Waals surface area contributed by atoms with Crippen LogP contribution in [0, 0.1) is 0 Å². The van der Waals surface area contributed by atoms with Crippen molar-refractivity contribution in [3.8, 4) is 0 Å². The molecule has 0 unspecified atom stereocenters. The first-order valence-electron chi connectivity index (χ1n) is 8.03. The second-order valence-electron chi connectivity index (χ2n) is 6.00. The molecule has 1 aromatic heterocycles. The van der Waals surface area contributed by atoms with Crippen molar-refractivity contribution in [2.75, 3.05) is 39.3 Å². The zero-order chi connectivity index (χ0) is 15.4. The first kappa shape index (κ1) is 15.9. The van der Waals surface area contributed by atoms with Gasteiger partial charge in [0.1, 0.15) is 0 Å². The average molecular weight is 324 g/mol. The van der Waals surface area contributed by atoms with Gasteiger partial charge >= 0.3 is 0 Å². The lowest BCUT2D eigenvalue weighted by atomic mass is 10.2. The number of hydrogen-bond donors (Lipinski definition) is 0. The van der Waals surface area contributed by atoms with E-state index in [9.17, 15) is 8.42 Å². The maximum atomic E-state index is 12.6. The van der Waals surface area contributed by atoms with Crippen molar-refractivity contribution in [1.82, 2.24) is 18.5 Å². The molecule has 0 aromatic carbocycles. The zero-order valence-electron chi connectivity index (χ0n) is 12.9. The summed E-state index contributed by atoms with van der Waals surface area (Å²) in [5.41, 5.74) is 1.18. The molecule has 2 aliphatic rings. The normalized spacial score (nSPS) is 22.7. The van der Waals surface area contributed by atoms with Crippen LogP contribution in [0.3, 0.4) is 0 Å². The van der Waals surface area contributed by atoms with Gasteiger partial charge in [0, 0.05) is 58.2 Å². The second kappa shape index (κ2) is 7.04. The first-order valence-corrected chi connectivity index (χ1v) is 9.42. The maximum absolute atomic E-state index is 12.6. The molecule has 22 heavy (non-hydrogen) atoms. The summed E-state index contributed by atoms with van der Waals surface area (Å²) in [4.78, 5) is 6.42. The van der Waals surface area contributed by atoms with Crippen LogP contribution in [-0.4, -0.2) is 66.2 Å². The lowest BCUT2D eigenvalue weighted by molar-refractivity contribution is 0.172. The third-order valence-electron chi connectivity index (χ3n) is 4.43. The molecule has 0 amide bonds. The molecule has 3 heterocycles. The summed E-state index contributed by atoms with van der Waals surface area (Å²) in [6.07, 6.45) is 6.76. The van der Waals surface area contributed by atoms with Gasteiger partial charge in [0.25, 0.3) is 10.2 Å². The molecule has 0 bridgehead atoms. The van der Waals surface area contributed by atoms with Crippen molar-refractivity contribution in [3.05, 3.63) is 30.1 Å². The predicted octanol–water partition coefficient (Wildman–Crippen LogP) is 0.930. The lowest BCUT2D eigenvalue weighted by Gasteiger charge is -2.37. The Kier molecular flexibility index (Phi) is 5.07. The summed E-state index contributed by atoms with van der Waals surface area (Å²) < 4.78 is 28.6. The molecular formula is C15H24N4O2S. The van der Waals surface area contributed by atoms with E-state index in [0.29, 0.717) is 26.2 Å². The van der Waals surface area contributed by atoms with Gasteiger partial charge in [-0.2, -0.15) is 17.0 Å². The minimum absolute atomic E-state index is 0.582. The molecule has 0 N–H and O–H groups in total. The molecule has 0 aliphatic carbocycles.